The van der Waals surface area contributed by atoms with Crippen molar-refractivity contribution in [2.45, 2.75) is 16.2 Å². The highest BCUT2D eigenvalue weighted by Gasteiger charge is 2.57. The molecule has 2 aliphatic heterocycles. The average molecular weight is 463 g/mol. The van der Waals surface area contributed by atoms with Gasteiger partial charge in [0.05, 0.1) is 33.7 Å². The SMILES string of the molecule is O=C1C2Sc3[nH]c(=O)sc3C(c3ccco3)C2C(=O)N1c1ccc(Br)cc1. The minimum absolute atomic E-state index is 0.200. The number of nitrogens with zero attached hydrogens (tertiary/aromatic N) is 1. The molecule has 1 N–H and O–H groups in total. The van der Waals surface area contributed by atoms with Gasteiger partial charge in [-0.1, -0.05) is 39.0 Å². The highest BCUT2D eigenvalue weighted by Crippen LogP contribution is 2.53. The molecule has 2 aliphatic rings. The summed E-state index contributed by atoms with van der Waals surface area (Å²) in [6.45, 7) is 0. The molecular weight excluding hydrogens is 452 g/mol. The van der Waals surface area contributed by atoms with Gasteiger partial charge in [-0.3, -0.25) is 14.4 Å². The van der Waals surface area contributed by atoms with E-state index in [9.17, 15) is 14.4 Å². The highest BCUT2D eigenvalue weighted by atomic mass is 79.9. The lowest BCUT2D eigenvalue weighted by atomic mass is 9.87. The first-order chi connectivity index (χ1) is 13.0. The van der Waals surface area contributed by atoms with Gasteiger partial charge in [0, 0.05) is 4.47 Å². The molecule has 9 heteroatoms. The Morgan fingerprint density at radius 1 is 1.07 bits per heavy atom. The third-order valence-electron chi connectivity index (χ3n) is 4.76. The number of carbonyl (C=O) groups excluding carboxylic acids is 2. The predicted octanol–water partition coefficient (Wildman–Crippen LogP) is 3.59. The normalized spacial score (nSPS) is 24.2. The van der Waals surface area contributed by atoms with E-state index < -0.39 is 17.1 Å². The highest BCUT2D eigenvalue weighted by molar-refractivity contribution is 9.10. The molecule has 0 spiro atoms. The van der Waals surface area contributed by atoms with Gasteiger partial charge in [-0.25, -0.2) is 4.90 Å². The lowest BCUT2D eigenvalue weighted by Gasteiger charge is -2.27. The Morgan fingerprint density at radius 3 is 2.56 bits per heavy atom. The molecule has 0 aliphatic carbocycles. The molecule has 4 heterocycles. The molecule has 6 nitrogen and oxygen atoms in total. The van der Waals surface area contributed by atoms with Crippen LogP contribution >= 0.6 is 39.0 Å². The molecule has 3 atom stereocenters. The van der Waals surface area contributed by atoms with Crippen molar-refractivity contribution in [2.75, 3.05) is 4.90 Å². The zero-order chi connectivity index (χ0) is 18.7. The summed E-state index contributed by atoms with van der Waals surface area (Å²) in [6, 6.07) is 10.6. The van der Waals surface area contributed by atoms with E-state index >= 15 is 0 Å². The number of imide groups is 1. The second kappa shape index (κ2) is 6.22. The quantitative estimate of drug-likeness (QED) is 0.588. The van der Waals surface area contributed by atoms with Crippen molar-refractivity contribution in [2.24, 2.45) is 5.92 Å². The molecule has 1 aromatic carbocycles. The van der Waals surface area contributed by atoms with Gasteiger partial charge in [0.15, 0.2) is 0 Å². The van der Waals surface area contributed by atoms with E-state index in [1.807, 2.05) is 0 Å². The van der Waals surface area contributed by atoms with Crippen LogP contribution in [0.1, 0.15) is 16.6 Å². The number of anilines is 1. The molecule has 3 unspecified atom stereocenters. The number of aromatic nitrogens is 1. The number of benzene rings is 1. The van der Waals surface area contributed by atoms with Gasteiger partial charge in [0.25, 0.3) is 0 Å². The topological polar surface area (TPSA) is 83.4 Å². The lowest BCUT2D eigenvalue weighted by molar-refractivity contribution is -0.122. The maximum Gasteiger partial charge on any atom is 0.305 e. The fraction of sp³-hybridized carbons (Fsp3) is 0.167. The van der Waals surface area contributed by atoms with Crippen LogP contribution in [-0.2, 0) is 9.59 Å². The zero-order valence-corrected chi connectivity index (χ0v) is 16.8. The van der Waals surface area contributed by atoms with Gasteiger partial charge in [0.1, 0.15) is 11.0 Å². The summed E-state index contributed by atoms with van der Waals surface area (Å²) in [4.78, 5) is 42.9. The Labute approximate surface area is 169 Å². The van der Waals surface area contributed by atoms with E-state index in [0.29, 0.717) is 16.5 Å². The van der Waals surface area contributed by atoms with Gasteiger partial charge in [-0.2, -0.15) is 0 Å². The number of amides is 2. The Kier molecular flexibility index (Phi) is 3.92. The van der Waals surface area contributed by atoms with Crippen LogP contribution in [0.4, 0.5) is 5.69 Å². The molecule has 27 heavy (non-hydrogen) atoms. The van der Waals surface area contributed by atoms with Crippen molar-refractivity contribution in [3.8, 4) is 0 Å². The standard InChI is InChI=1S/C18H11BrN2O4S2/c19-8-3-5-9(6-4-8)21-16(22)12-11(10-2-1-7-25-10)13-15(20-18(24)27-13)26-14(12)17(21)23/h1-7,11-12,14H,(H,20,24). The van der Waals surface area contributed by atoms with Crippen LogP contribution in [0.15, 0.2) is 61.4 Å². The summed E-state index contributed by atoms with van der Waals surface area (Å²) in [5, 5.41) is 0.0421. The van der Waals surface area contributed by atoms with Crippen molar-refractivity contribution in [1.29, 1.82) is 0 Å². The Bertz CT molecular complexity index is 1100. The van der Waals surface area contributed by atoms with E-state index in [2.05, 4.69) is 20.9 Å². The fourth-order valence-electron chi connectivity index (χ4n) is 3.64. The van der Waals surface area contributed by atoms with Crippen molar-refractivity contribution >= 4 is 56.5 Å². The summed E-state index contributed by atoms with van der Waals surface area (Å²) in [7, 11) is 0. The summed E-state index contributed by atoms with van der Waals surface area (Å²) in [5.74, 6) is -1.03. The lowest BCUT2D eigenvalue weighted by Crippen LogP contribution is -2.32. The van der Waals surface area contributed by atoms with Crippen LogP contribution in [0, 0.1) is 5.92 Å². The number of nitrogens with one attached hydrogen (secondary N) is 1. The smallest absolute Gasteiger partial charge is 0.305 e. The maximum atomic E-state index is 13.3. The predicted molar refractivity (Wildman–Crippen MR) is 105 cm³/mol. The largest absolute Gasteiger partial charge is 0.469 e. The number of rotatable bonds is 2. The third kappa shape index (κ3) is 2.56. The first-order valence-corrected chi connectivity index (χ1v) is 10.6. The number of hydrogen-bond acceptors (Lipinski definition) is 6. The van der Waals surface area contributed by atoms with Crippen LogP contribution in [0.25, 0.3) is 0 Å². The molecule has 2 amide bonds. The van der Waals surface area contributed by atoms with E-state index in [4.69, 9.17) is 4.42 Å². The van der Waals surface area contributed by atoms with Crippen molar-refractivity contribution in [3.63, 3.8) is 0 Å². The van der Waals surface area contributed by atoms with Crippen molar-refractivity contribution in [3.05, 3.63) is 67.4 Å². The second-order valence-corrected chi connectivity index (χ2v) is 9.34. The van der Waals surface area contributed by atoms with Crippen molar-refractivity contribution < 1.29 is 14.0 Å². The van der Waals surface area contributed by atoms with E-state index in [-0.39, 0.29) is 16.7 Å². The number of hydrogen-bond donors (Lipinski definition) is 1. The Balaban J connectivity index is 1.64. The number of halogens is 1. The Morgan fingerprint density at radius 2 is 1.85 bits per heavy atom. The fourth-order valence-corrected chi connectivity index (χ4v) is 6.40. The molecule has 1 fully saturated rings. The van der Waals surface area contributed by atoms with Gasteiger partial charge < -0.3 is 9.40 Å². The molecule has 0 bridgehead atoms. The average Bonchev–Trinajstić information content (AvgIpc) is 3.34. The molecule has 2 aromatic heterocycles. The molecule has 5 rings (SSSR count). The number of fused-ring (bicyclic) bond motifs is 2. The number of thioether (sulfide) groups is 1. The molecule has 3 aromatic rings. The summed E-state index contributed by atoms with van der Waals surface area (Å²) in [6.07, 6.45) is 1.54. The van der Waals surface area contributed by atoms with Crippen LogP contribution in [0.3, 0.4) is 0 Å². The van der Waals surface area contributed by atoms with Crippen LogP contribution in [-0.4, -0.2) is 22.0 Å². The van der Waals surface area contributed by atoms with Gasteiger partial charge >= 0.3 is 4.87 Å². The van der Waals surface area contributed by atoms with Crippen LogP contribution in [0.5, 0.6) is 0 Å². The minimum Gasteiger partial charge on any atom is -0.469 e. The van der Waals surface area contributed by atoms with Gasteiger partial charge in [0.2, 0.25) is 11.8 Å². The minimum atomic E-state index is -0.615. The van der Waals surface area contributed by atoms with Crippen LogP contribution in [0.2, 0.25) is 0 Å². The maximum absolute atomic E-state index is 13.3. The Hall–Kier alpha value is -2.10. The van der Waals surface area contributed by atoms with E-state index in [1.54, 1.807) is 36.4 Å². The molecule has 136 valence electrons. The van der Waals surface area contributed by atoms with E-state index in [0.717, 1.165) is 20.7 Å². The summed E-state index contributed by atoms with van der Waals surface area (Å²) < 4.78 is 6.45. The van der Waals surface area contributed by atoms with Gasteiger partial charge in [-0.05, 0) is 36.4 Å². The number of H-pyrrole nitrogens is 1. The van der Waals surface area contributed by atoms with E-state index in [1.165, 1.54) is 22.9 Å². The summed E-state index contributed by atoms with van der Waals surface area (Å²) >= 11 is 5.69. The first kappa shape index (κ1) is 17.0. The number of aromatic amines is 1. The van der Waals surface area contributed by atoms with Crippen molar-refractivity contribution in [1.82, 2.24) is 4.98 Å². The number of furan rings is 1. The molecule has 0 radical (unpaired) electrons. The molecule has 1 saturated heterocycles. The number of thiazole rings is 1. The van der Waals surface area contributed by atoms with Crippen LogP contribution < -0.4 is 9.77 Å². The second-order valence-electron chi connectivity index (χ2n) is 6.25. The summed E-state index contributed by atoms with van der Waals surface area (Å²) in [5.41, 5.74) is 0.540. The monoisotopic (exact) mass is 462 g/mol. The number of carbonyl (C=O) groups is 2. The third-order valence-corrected chi connectivity index (χ3v) is 7.69. The first-order valence-electron chi connectivity index (χ1n) is 8.11. The van der Waals surface area contributed by atoms with Gasteiger partial charge in [-0.15, -0.1) is 0 Å². The zero-order valence-electron chi connectivity index (χ0n) is 13.5. The molecule has 0 saturated carbocycles. The molecular formula is C18H11BrN2O4S2.